The number of hydrogen-bond donors (Lipinski definition) is 1. The second kappa shape index (κ2) is 5.12. The number of benzene rings is 1. The minimum Gasteiger partial charge on any atom is -0.504 e. The Morgan fingerprint density at radius 3 is 2.57 bits per heavy atom. The maximum absolute atomic E-state index is 12.2. The van der Waals surface area contributed by atoms with Gasteiger partial charge in [0.1, 0.15) is 0 Å². The molecule has 1 N–H and O–H groups in total. The van der Waals surface area contributed by atoms with E-state index in [2.05, 4.69) is 27.4 Å². The van der Waals surface area contributed by atoms with Crippen LogP contribution in [-0.2, 0) is 23.1 Å². The van der Waals surface area contributed by atoms with Gasteiger partial charge in [-0.05, 0) is 54.6 Å². The number of hydrogen-bond acceptors (Lipinski definition) is 3. The van der Waals surface area contributed by atoms with Gasteiger partial charge in [0.05, 0.1) is 6.42 Å². The lowest BCUT2D eigenvalue weighted by molar-refractivity contribution is -0.135. The average molecular weight is 314 g/mol. The van der Waals surface area contributed by atoms with Crippen LogP contribution in [0.2, 0.25) is 0 Å². The van der Waals surface area contributed by atoms with Gasteiger partial charge >= 0.3 is 5.97 Å². The molecule has 124 valence electrons. The van der Waals surface area contributed by atoms with Crippen LogP contribution in [0.1, 0.15) is 62.3 Å². The Balaban J connectivity index is 2.29. The minimum absolute atomic E-state index is 0.0993. The van der Waals surface area contributed by atoms with Gasteiger partial charge in [0.25, 0.3) is 0 Å². The number of carbonyl (C=O) groups excluding carboxylic acids is 1. The molecule has 0 spiro atoms. The Hall–Kier alpha value is -1.77. The van der Waals surface area contributed by atoms with E-state index in [9.17, 15) is 9.90 Å². The maximum atomic E-state index is 12.2. The molecule has 1 aromatic rings. The fraction of sp³-hybridized carbons (Fsp3) is 0.550. The molecule has 0 bridgehead atoms. The monoisotopic (exact) mass is 314 g/mol. The van der Waals surface area contributed by atoms with Crippen LogP contribution in [0.15, 0.2) is 12.7 Å². The number of phenolic OH excluding ortho intramolecular Hbond substituents is 1. The molecular weight excluding hydrogens is 288 g/mol. The van der Waals surface area contributed by atoms with Crippen molar-refractivity contribution in [3.05, 3.63) is 34.9 Å². The predicted octanol–water partition coefficient (Wildman–Crippen LogP) is 4.36. The highest BCUT2D eigenvalue weighted by Crippen LogP contribution is 2.51. The number of aromatic hydroxyl groups is 1. The summed E-state index contributed by atoms with van der Waals surface area (Å²) >= 11 is 0. The van der Waals surface area contributed by atoms with Gasteiger partial charge in [-0.25, -0.2) is 0 Å². The highest BCUT2D eigenvalue weighted by Gasteiger charge is 2.39. The molecule has 0 saturated heterocycles. The molecular formula is C20H26O3. The van der Waals surface area contributed by atoms with Crippen molar-refractivity contribution in [1.82, 2.24) is 0 Å². The third-order valence-corrected chi connectivity index (χ3v) is 5.68. The molecule has 3 rings (SSSR count). The highest BCUT2D eigenvalue weighted by atomic mass is 16.5. The fourth-order valence-corrected chi connectivity index (χ4v) is 4.23. The van der Waals surface area contributed by atoms with Crippen molar-refractivity contribution in [1.29, 1.82) is 0 Å². The van der Waals surface area contributed by atoms with Crippen molar-refractivity contribution < 1.29 is 14.6 Å². The van der Waals surface area contributed by atoms with Crippen LogP contribution in [0.5, 0.6) is 11.5 Å². The lowest BCUT2D eigenvalue weighted by Crippen LogP contribution is -2.26. The Morgan fingerprint density at radius 1 is 1.22 bits per heavy atom. The van der Waals surface area contributed by atoms with Crippen LogP contribution in [0.3, 0.4) is 0 Å². The van der Waals surface area contributed by atoms with Crippen molar-refractivity contribution in [3.63, 3.8) is 0 Å². The second-order valence-electron chi connectivity index (χ2n) is 8.06. The summed E-state index contributed by atoms with van der Waals surface area (Å²) in [4.78, 5) is 12.2. The summed E-state index contributed by atoms with van der Waals surface area (Å²) in [5.74, 6) is 0.258. The van der Waals surface area contributed by atoms with Crippen molar-refractivity contribution in [2.45, 2.75) is 65.2 Å². The molecule has 1 aromatic carbocycles. The van der Waals surface area contributed by atoms with Gasteiger partial charge in [0.15, 0.2) is 11.5 Å². The van der Waals surface area contributed by atoms with Crippen LogP contribution >= 0.6 is 0 Å². The zero-order valence-electron chi connectivity index (χ0n) is 14.6. The fourth-order valence-electron chi connectivity index (χ4n) is 4.23. The highest BCUT2D eigenvalue weighted by molar-refractivity contribution is 5.78. The summed E-state index contributed by atoms with van der Waals surface area (Å²) in [7, 11) is 0. The van der Waals surface area contributed by atoms with E-state index in [1.165, 1.54) is 11.1 Å². The molecule has 1 heterocycles. The third-order valence-electron chi connectivity index (χ3n) is 5.68. The maximum Gasteiger partial charge on any atom is 0.312 e. The SMILES string of the molecule is C=C[C@@]1(C)CC(=O)Oc2c(O)c3c(c(C)c2C1)CCCC3(C)C. The molecule has 23 heavy (non-hydrogen) atoms. The number of rotatable bonds is 1. The number of esters is 1. The molecule has 0 fully saturated rings. The summed E-state index contributed by atoms with van der Waals surface area (Å²) in [5, 5.41) is 10.9. The Kier molecular flexibility index (Phi) is 3.58. The standard InChI is InChI=1S/C20H26O3/c1-6-20(5)10-14-12(2)13-8-7-9-19(3,4)16(13)17(22)18(14)23-15(21)11-20/h6,22H,1,7-11H2,2-5H3/t20-/m1/s1. The first-order valence-corrected chi connectivity index (χ1v) is 8.40. The molecule has 3 heteroatoms. The molecule has 1 aliphatic carbocycles. The number of allylic oxidation sites excluding steroid dienone is 1. The summed E-state index contributed by atoms with van der Waals surface area (Å²) < 4.78 is 5.59. The van der Waals surface area contributed by atoms with Crippen molar-refractivity contribution in [3.8, 4) is 11.5 Å². The van der Waals surface area contributed by atoms with E-state index in [1.54, 1.807) is 0 Å². The topological polar surface area (TPSA) is 46.5 Å². The van der Waals surface area contributed by atoms with Crippen LogP contribution in [0.25, 0.3) is 0 Å². The molecule has 2 aliphatic rings. The molecule has 0 amide bonds. The first-order chi connectivity index (χ1) is 10.7. The lowest BCUT2D eigenvalue weighted by atomic mass is 9.69. The van der Waals surface area contributed by atoms with Crippen LogP contribution in [0, 0.1) is 12.3 Å². The first kappa shape index (κ1) is 16.1. The molecule has 0 radical (unpaired) electrons. The van der Waals surface area contributed by atoms with Crippen LogP contribution in [0.4, 0.5) is 0 Å². The number of fused-ring (bicyclic) bond motifs is 2. The Morgan fingerprint density at radius 2 is 1.91 bits per heavy atom. The zero-order valence-corrected chi connectivity index (χ0v) is 14.6. The number of carbonyl (C=O) groups is 1. The summed E-state index contributed by atoms with van der Waals surface area (Å²) in [6, 6.07) is 0. The van der Waals surface area contributed by atoms with Gasteiger partial charge in [0, 0.05) is 11.1 Å². The lowest BCUT2D eigenvalue weighted by Gasteiger charge is -2.36. The molecule has 1 aliphatic heterocycles. The van der Waals surface area contributed by atoms with E-state index in [-0.39, 0.29) is 29.0 Å². The van der Waals surface area contributed by atoms with Gasteiger partial charge in [0.2, 0.25) is 0 Å². The molecule has 0 unspecified atom stereocenters. The molecule has 0 saturated carbocycles. The molecule has 0 aromatic heterocycles. The Labute approximate surface area is 138 Å². The van der Waals surface area contributed by atoms with Crippen LogP contribution in [-0.4, -0.2) is 11.1 Å². The van der Waals surface area contributed by atoms with E-state index < -0.39 is 0 Å². The number of ether oxygens (including phenoxy) is 1. The van der Waals surface area contributed by atoms with E-state index in [0.717, 1.165) is 30.4 Å². The van der Waals surface area contributed by atoms with Crippen molar-refractivity contribution >= 4 is 5.97 Å². The zero-order chi connectivity index (χ0) is 17.0. The van der Waals surface area contributed by atoms with E-state index in [4.69, 9.17) is 4.74 Å². The van der Waals surface area contributed by atoms with Crippen LogP contribution < -0.4 is 4.74 Å². The number of phenols is 1. The average Bonchev–Trinajstić information content (AvgIpc) is 2.60. The first-order valence-electron chi connectivity index (χ1n) is 8.40. The Bertz CT molecular complexity index is 700. The van der Waals surface area contributed by atoms with Gasteiger partial charge in [-0.2, -0.15) is 0 Å². The summed E-state index contributed by atoms with van der Waals surface area (Å²) in [6.07, 6.45) is 5.93. The quantitative estimate of drug-likeness (QED) is 0.476. The third kappa shape index (κ3) is 2.46. The summed E-state index contributed by atoms with van der Waals surface area (Å²) in [5.41, 5.74) is 3.91. The van der Waals surface area contributed by atoms with Gasteiger partial charge in [-0.3, -0.25) is 4.79 Å². The second-order valence-corrected chi connectivity index (χ2v) is 8.06. The van der Waals surface area contributed by atoms with Crippen molar-refractivity contribution in [2.24, 2.45) is 5.41 Å². The van der Waals surface area contributed by atoms with Gasteiger partial charge in [-0.1, -0.05) is 26.8 Å². The molecule has 3 nitrogen and oxygen atoms in total. The molecule has 1 atom stereocenters. The predicted molar refractivity (Wildman–Crippen MR) is 91.1 cm³/mol. The van der Waals surface area contributed by atoms with E-state index in [1.807, 2.05) is 13.0 Å². The van der Waals surface area contributed by atoms with E-state index >= 15 is 0 Å². The van der Waals surface area contributed by atoms with Gasteiger partial charge < -0.3 is 9.84 Å². The normalized spacial score (nSPS) is 25.8. The summed E-state index contributed by atoms with van der Waals surface area (Å²) in [6.45, 7) is 12.3. The largest absolute Gasteiger partial charge is 0.504 e. The van der Waals surface area contributed by atoms with Crippen molar-refractivity contribution in [2.75, 3.05) is 0 Å². The van der Waals surface area contributed by atoms with E-state index in [0.29, 0.717) is 12.2 Å². The van der Waals surface area contributed by atoms with Gasteiger partial charge in [-0.15, -0.1) is 6.58 Å². The smallest absolute Gasteiger partial charge is 0.312 e. The minimum atomic E-state index is -0.335.